The Labute approximate surface area is 125 Å². The highest BCUT2D eigenvalue weighted by atomic mass is 79.9. The molecule has 0 saturated heterocycles. The number of carbonyl (C=O) groups is 1. The average molecular weight is 339 g/mol. The normalized spacial score (nSPS) is 11.9. The average Bonchev–Trinajstić information content (AvgIpc) is 2.82. The smallest absolute Gasteiger partial charge is 0.315 e. The van der Waals surface area contributed by atoms with Gasteiger partial charge >= 0.3 is 6.03 Å². The first-order chi connectivity index (χ1) is 9.56. The van der Waals surface area contributed by atoms with E-state index in [1.807, 2.05) is 31.2 Å². The number of carbonyl (C=O) groups excluding carboxylic acids is 1. The first-order valence-electron chi connectivity index (χ1n) is 6.14. The van der Waals surface area contributed by atoms with E-state index in [9.17, 15) is 4.79 Å². The highest BCUT2D eigenvalue weighted by Crippen LogP contribution is 2.22. The molecule has 0 spiro atoms. The van der Waals surface area contributed by atoms with E-state index in [1.165, 1.54) is 0 Å². The summed E-state index contributed by atoms with van der Waals surface area (Å²) in [5.74, 6) is 0.926. The molecule has 1 unspecified atom stereocenters. The molecule has 0 aliphatic heterocycles. The lowest BCUT2D eigenvalue weighted by Gasteiger charge is -2.15. The summed E-state index contributed by atoms with van der Waals surface area (Å²) in [6.07, 6.45) is 0. The Balaban J connectivity index is 1.87. The van der Waals surface area contributed by atoms with Crippen LogP contribution in [-0.4, -0.2) is 16.2 Å². The summed E-state index contributed by atoms with van der Waals surface area (Å²) in [5.41, 5.74) is 1.01. The summed E-state index contributed by atoms with van der Waals surface area (Å²) in [7, 11) is 0. The standard InChI is InChI=1S/C13H15BrN4O2/c1-8(10-5-3-4-6-11(10)14)16-13(19)15-7-12-17-9(2)18-20-12/h3-6,8H,7H2,1-2H3,(H2,15,16,19). The predicted molar refractivity (Wildman–Crippen MR) is 77.0 cm³/mol. The van der Waals surface area contributed by atoms with Crippen LogP contribution in [0.2, 0.25) is 0 Å². The third-order valence-electron chi connectivity index (χ3n) is 2.69. The Kier molecular flexibility index (Phi) is 4.73. The lowest BCUT2D eigenvalue weighted by molar-refractivity contribution is 0.235. The number of aryl methyl sites for hydroxylation is 1. The molecule has 0 radical (unpaired) electrons. The van der Waals surface area contributed by atoms with Crippen molar-refractivity contribution in [2.45, 2.75) is 26.4 Å². The summed E-state index contributed by atoms with van der Waals surface area (Å²) in [5, 5.41) is 9.17. The minimum atomic E-state index is -0.288. The van der Waals surface area contributed by atoms with Crippen LogP contribution >= 0.6 is 15.9 Å². The van der Waals surface area contributed by atoms with E-state index in [4.69, 9.17) is 4.52 Å². The number of nitrogens with zero attached hydrogens (tertiary/aromatic N) is 2. The van der Waals surface area contributed by atoms with E-state index in [1.54, 1.807) is 6.92 Å². The molecule has 0 aliphatic rings. The second-order valence-corrected chi connectivity index (χ2v) is 5.16. The minimum Gasteiger partial charge on any atom is -0.337 e. The fourth-order valence-corrected chi connectivity index (χ4v) is 2.35. The highest BCUT2D eigenvalue weighted by Gasteiger charge is 2.12. The van der Waals surface area contributed by atoms with Gasteiger partial charge in [-0.1, -0.05) is 39.3 Å². The van der Waals surface area contributed by atoms with Crippen LogP contribution in [-0.2, 0) is 6.54 Å². The molecule has 20 heavy (non-hydrogen) atoms. The molecule has 106 valence electrons. The van der Waals surface area contributed by atoms with Crippen molar-refractivity contribution in [2.24, 2.45) is 0 Å². The number of benzene rings is 1. The van der Waals surface area contributed by atoms with Gasteiger partial charge in [-0.3, -0.25) is 0 Å². The number of hydrogen-bond donors (Lipinski definition) is 2. The number of halogens is 1. The van der Waals surface area contributed by atoms with Crippen molar-refractivity contribution in [2.75, 3.05) is 0 Å². The topological polar surface area (TPSA) is 80.0 Å². The molecule has 2 N–H and O–H groups in total. The first-order valence-corrected chi connectivity index (χ1v) is 6.93. The maximum atomic E-state index is 11.8. The predicted octanol–water partition coefficient (Wildman–Crippen LogP) is 2.70. The third-order valence-corrected chi connectivity index (χ3v) is 3.41. The van der Waals surface area contributed by atoms with E-state index >= 15 is 0 Å². The van der Waals surface area contributed by atoms with Gasteiger partial charge < -0.3 is 15.2 Å². The summed E-state index contributed by atoms with van der Waals surface area (Å²) in [6, 6.07) is 7.35. The zero-order valence-electron chi connectivity index (χ0n) is 11.2. The van der Waals surface area contributed by atoms with E-state index in [2.05, 4.69) is 36.7 Å². The number of amides is 2. The zero-order chi connectivity index (χ0) is 14.5. The summed E-state index contributed by atoms with van der Waals surface area (Å²) < 4.78 is 5.87. The number of urea groups is 1. The van der Waals surface area contributed by atoms with Crippen molar-refractivity contribution in [1.29, 1.82) is 0 Å². The van der Waals surface area contributed by atoms with Gasteiger partial charge in [0.05, 0.1) is 12.6 Å². The molecule has 0 saturated carbocycles. The van der Waals surface area contributed by atoms with Gasteiger partial charge in [0.25, 0.3) is 0 Å². The van der Waals surface area contributed by atoms with Gasteiger partial charge in [0.1, 0.15) is 0 Å². The molecule has 6 nitrogen and oxygen atoms in total. The van der Waals surface area contributed by atoms with Crippen molar-refractivity contribution in [1.82, 2.24) is 20.8 Å². The molecule has 2 rings (SSSR count). The summed E-state index contributed by atoms with van der Waals surface area (Å²) >= 11 is 3.46. The molecule has 1 aromatic carbocycles. The molecule has 1 aromatic heterocycles. The second-order valence-electron chi connectivity index (χ2n) is 4.31. The van der Waals surface area contributed by atoms with Crippen LogP contribution in [0.15, 0.2) is 33.3 Å². The van der Waals surface area contributed by atoms with E-state index < -0.39 is 0 Å². The van der Waals surface area contributed by atoms with Crippen LogP contribution < -0.4 is 10.6 Å². The number of aromatic nitrogens is 2. The summed E-state index contributed by atoms with van der Waals surface area (Å²) in [4.78, 5) is 15.8. The van der Waals surface area contributed by atoms with Crippen LogP contribution in [0.1, 0.15) is 30.2 Å². The fraction of sp³-hybridized carbons (Fsp3) is 0.308. The van der Waals surface area contributed by atoms with Gasteiger partial charge in [-0.15, -0.1) is 0 Å². The maximum absolute atomic E-state index is 11.8. The van der Waals surface area contributed by atoms with Crippen LogP contribution in [0.5, 0.6) is 0 Å². The van der Waals surface area contributed by atoms with Crippen molar-refractivity contribution in [3.8, 4) is 0 Å². The molecule has 7 heteroatoms. The molecule has 0 aliphatic carbocycles. The fourth-order valence-electron chi connectivity index (χ4n) is 1.72. The van der Waals surface area contributed by atoms with Gasteiger partial charge in [-0.05, 0) is 25.5 Å². The van der Waals surface area contributed by atoms with Crippen molar-refractivity contribution >= 4 is 22.0 Å². The molecular weight excluding hydrogens is 324 g/mol. The van der Waals surface area contributed by atoms with Gasteiger partial charge in [0.15, 0.2) is 5.82 Å². The van der Waals surface area contributed by atoms with Crippen LogP contribution in [0, 0.1) is 6.92 Å². The Morgan fingerprint density at radius 3 is 2.85 bits per heavy atom. The van der Waals surface area contributed by atoms with Crippen LogP contribution in [0.25, 0.3) is 0 Å². The maximum Gasteiger partial charge on any atom is 0.315 e. The van der Waals surface area contributed by atoms with Crippen molar-refractivity contribution < 1.29 is 9.32 Å². The van der Waals surface area contributed by atoms with Gasteiger partial charge in [-0.25, -0.2) is 4.79 Å². The molecule has 1 heterocycles. The second kappa shape index (κ2) is 6.51. The van der Waals surface area contributed by atoms with E-state index in [0.717, 1.165) is 10.0 Å². The third kappa shape index (κ3) is 3.80. The molecule has 2 amide bonds. The van der Waals surface area contributed by atoms with E-state index in [0.29, 0.717) is 11.7 Å². The first kappa shape index (κ1) is 14.5. The van der Waals surface area contributed by atoms with E-state index in [-0.39, 0.29) is 18.6 Å². The number of rotatable bonds is 4. The quantitative estimate of drug-likeness (QED) is 0.898. The van der Waals surface area contributed by atoms with Gasteiger partial charge in [0, 0.05) is 4.47 Å². The van der Waals surface area contributed by atoms with Crippen LogP contribution in [0.4, 0.5) is 4.79 Å². The Morgan fingerprint density at radius 1 is 1.45 bits per heavy atom. The molecular formula is C13H15BrN4O2. The number of hydrogen-bond acceptors (Lipinski definition) is 4. The molecule has 1 atom stereocenters. The molecule has 0 fully saturated rings. The zero-order valence-corrected chi connectivity index (χ0v) is 12.8. The summed E-state index contributed by atoms with van der Waals surface area (Å²) in [6.45, 7) is 3.84. The number of nitrogens with one attached hydrogen (secondary N) is 2. The molecule has 2 aromatic rings. The van der Waals surface area contributed by atoms with Gasteiger partial charge in [0.2, 0.25) is 5.89 Å². The lowest BCUT2D eigenvalue weighted by Crippen LogP contribution is -2.36. The Bertz CT molecular complexity index is 600. The van der Waals surface area contributed by atoms with Gasteiger partial charge in [-0.2, -0.15) is 4.98 Å². The highest BCUT2D eigenvalue weighted by molar-refractivity contribution is 9.10. The lowest BCUT2D eigenvalue weighted by atomic mass is 10.1. The van der Waals surface area contributed by atoms with Crippen molar-refractivity contribution in [3.63, 3.8) is 0 Å². The molecule has 0 bridgehead atoms. The van der Waals surface area contributed by atoms with Crippen LogP contribution in [0.3, 0.4) is 0 Å². The monoisotopic (exact) mass is 338 g/mol. The minimum absolute atomic E-state index is 0.116. The SMILES string of the molecule is Cc1noc(CNC(=O)NC(C)c2ccccc2Br)n1. The Hall–Kier alpha value is -1.89. The Morgan fingerprint density at radius 2 is 2.20 bits per heavy atom. The largest absolute Gasteiger partial charge is 0.337 e. The van der Waals surface area contributed by atoms with Crippen molar-refractivity contribution in [3.05, 3.63) is 46.0 Å².